The molecule has 1 aromatic heterocycles. The van der Waals surface area contributed by atoms with Gasteiger partial charge in [0, 0.05) is 5.56 Å². The molecule has 0 aliphatic carbocycles. The summed E-state index contributed by atoms with van der Waals surface area (Å²) in [6, 6.07) is 9.93. The van der Waals surface area contributed by atoms with Crippen LogP contribution in [0.2, 0.25) is 0 Å². The van der Waals surface area contributed by atoms with Crippen molar-refractivity contribution in [2.75, 3.05) is 4.72 Å². The van der Waals surface area contributed by atoms with Crippen molar-refractivity contribution < 1.29 is 13.6 Å². The molecule has 0 amide bonds. The van der Waals surface area contributed by atoms with Crippen LogP contribution >= 0.6 is 27.3 Å². The van der Waals surface area contributed by atoms with Crippen molar-refractivity contribution in [1.82, 2.24) is 0 Å². The van der Waals surface area contributed by atoms with Gasteiger partial charge in [-0.25, -0.2) is 8.42 Å². The van der Waals surface area contributed by atoms with Gasteiger partial charge < -0.3 is 5.21 Å². The van der Waals surface area contributed by atoms with E-state index in [9.17, 15) is 8.42 Å². The highest BCUT2D eigenvalue weighted by atomic mass is 79.9. The average molecular weight is 375 g/mol. The molecule has 0 bridgehead atoms. The predicted octanol–water partition coefficient (Wildman–Crippen LogP) is 3.51. The Balaban J connectivity index is 2.40. The predicted molar refractivity (Wildman–Crippen MR) is 83.3 cm³/mol. The average Bonchev–Trinajstić information content (AvgIpc) is 2.86. The molecule has 0 saturated heterocycles. The number of hydrogen-bond donors (Lipinski definition) is 2. The first kappa shape index (κ1) is 15.0. The zero-order valence-corrected chi connectivity index (χ0v) is 13.6. The van der Waals surface area contributed by atoms with E-state index in [1.807, 2.05) is 0 Å². The number of benzene rings is 1. The van der Waals surface area contributed by atoms with E-state index in [4.69, 9.17) is 5.21 Å². The number of nitrogens with zero attached hydrogens (tertiary/aromatic N) is 1. The number of sulfonamides is 1. The second kappa shape index (κ2) is 5.94. The summed E-state index contributed by atoms with van der Waals surface area (Å²) in [5.41, 5.74) is 1.22. The SMILES string of the molecule is C/C(=N\O)c1ccccc1NS(=O)(=O)c1ccc(Br)s1. The minimum Gasteiger partial charge on any atom is -0.411 e. The van der Waals surface area contributed by atoms with Gasteiger partial charge in [0.05, 0.1) is 15.2 Å². The van der Waals surface area contributed by atoms with Crippen LogP contribution in [0.15, 0.2) is 49.5 Å². The number of nitrogens with one attached hydrogen (secondary N) is 1. The molecule has 106 valence electrons. The van der Waals surface area contributed by atoms with Gasteiger partial charge >= 0.3 is 0 Å². The standard InChI is InChI=1S/C12H11BrN2O3S2/c1-8(14-16)9-4-2-3-5-10(9)15-20(17,18)12-7-6-11(13)19-12/h2-7,15-16H,1H3/b14-8+. The zero-order valence-electron chi connectivity index (χ0n) is 10.4. The third kappa shape index (κ3) is 3.20. The molecular formula is C12H11BrN2O3S2. The molecule has 0 aliphatic rings. The maximum Gasteiger partial charge on any atom is 0.271 e. The summed E-state index contributed by atoms with van der Waals surface area (Å²) >= 11 is 4.35. The molecule has 0 fully saturated rings. The number of anilines is 1. The van der Waals surface area contributed by atoms with Gasteiger partial charge in [-0.05, 0) is 41.1 Å². The van der Waals surface area contributed by atoms with E-state index >= 15 is 0 Å². The van der Waals surface area contributed by atoms with Crippen LogP contribution < -0.4 is 4.72 Å². The van der Waals surface area contributed by atoms with Gasteiger partial charge in [-0.2, -0.15) is 0 Å². The van der Waals surface area contributed by atoms with Crippen molar-refractivity contribution in [3.8, 4) is 0 Å². The Bertz CT molecular complexity index is 754. The lowest BCUT2D eigenvalue weighted by Crippen LogP contribution is -2.14. The fraction of sp³-hybridized carbons (Fsp3) is 0.0833. The van der Waals surface area contributed by atoms with Crippen molar-refractivity contribution in [1.29, 1.82) is 0 Å². The van der Waals surface area contributed by atoms with Crippen LogP contribution in [0.4, 0.5) is 5.69 Å². The topological polar surface area (TPSA) is 78.8 Å². The Labute approximate surface area is 129 Å². The second-order valence-electron chi connectivity index (χ2n) is 3.90. The number of oxime groups is 1. The van der Waals surface area contributed by atoms with Crippen molar-refractivity contribution >= 4 is 48.7 Å². The van der Waals surface area contributed by atoms with E-state index < -0.39 is 10.0 Å². The third-order valence-electron chi connectivity index (χ3n) is 2.52. The van der Waals surface area contributed by atoms with Gasteiger partial charge in [0.2, 0.25) is 0 Å². The lowest BCUT2D eigenvalue weighted by molar-refractivity contribution is 0.319. The van der Waals surface area contributed by atoms with E-state index in [0.29, 0.717) is 17.0 Å². The Hall–Kier alpha value is -1.38. The van der Waals surface area contributed by atoms with Crippen LogP contribution in [0.3, 0.4) is 0 Å². The van der Waals surface area contributed by atoms with Gasteiger partial charge in [-0.1, -0.05) is 23.4 Å². The minimum absolute atomic E-state index is 0.206. The lowest BCUT2D eigenvalue weighted by atomic mass is 10.1. The maximum absolute atomic E-state index is 12.3. The third-order valence-corrected chi connectivity index (χ3v) is 6.01. The summed E-state index contributed by atoms with van der Waals surface area (Å²) in [5, 5.41) is 11.9. The lowest BCUT2D eigenvalue weighted by Gasteiger charge is -2.10. The van der Waals surface area contributed by atoms with Crippen molar-refractivity contribution in [2.45, 2.75) is 11.1 Å². The van der Waals surface area contributed by atoms with Crippen molar-refractivity contribution in [3.63, 3.8) is 0 Å². The Morgan fingerprint density at radius 3 is 2.60 bits per heavy atom. The van der Waals surface area contributed by atoms with Gasteiger partial charge in [0.25, 0.3) is 10.0 Å². The molecule has 2 N–H and O–H groups in total. The van der Waals surface area contributed by atoms with E-state index in [2.05, 4.69) is 25.8 Å². The fourth-order valence-electron chi connectivity index (χ4n) is 1.58. The first-order valence-corrected chi connectivity index (χ1v) is 8.59. The number of para-hydroxylation sites is 1. The molecular weight excluding hydrogens is 364 g/mol. The van der Waals surface area contributed by atoms with Crippen LogP contribution in [0.25, 0.3) is 0 Å². The number of thiophene rings is 1. The highest BCUT2D eigenvalue weighted by molar-refractivity contribution is 9.11. The first-order valence-electron chi connectivity index (χ1n) is 5.50. The van der Waals surface area contributed by atoms with Crippen molar-refractivity contribution in [3.05, 3.63) is 45.7 Å². The Morgan fingerprint density at radius 2 is 2.00 bits per heavy atom. The molecule has 2 rings (SSSR count). The van der Waals surface area contributed by atoms with Crippen LogP contribution in [0.5, 0.6) is 0 Å². The molecule has 0 spiro atoms. The van der Waals surface area contributed by atoms with Gasteiger partial charge in [-0.15, -0.1) is 11.3 Å². The smallest absolute Gasteiger partial charge is 0.271 e. The van der Waals surface area contributed by atoms with Gasteiger partial charge in [0.1, 0.15) is 4.21 Å². The molecule has 1 heterocycles. The Kier molecular flexibility index (Phi) is 4.46. The number of hydrogen-bond acceptors (Lipinski definition) is 5. The summed E-state index contributed by atoms with van der Waals surface area (Å²) < 4.78 is 28.0. The van der Waals surface area contributed by atoms with Gasteiger partial charge in [0.15, 0.2) is 0 Å². The van der Waals surface area contributed by atoms with Crippen molar-refractivity contribution in [2.24, 2.45) is 5.16 Å². The van der Waals surface area contributed by atoms with Crippen LogP contribution in [0.1, 0.15) is 12.5 Å². The summed E-state index contributed by atoms with van der Waals surface area (Å²) in [6.45, 7) is 1.59. The van der Waals surface area contributed by atoms with E-state index in [1.165, 1.54) is 6.07 Å². The number of rotatable bonds is 4. The molecule has 0 atom stereocenters. The van der Waals surface area contributed by atoms with Crippen LogP contribution in [0, 0.1) is 0 Å². The van der Waals surface area contributed by atoms with E-state index in [1.54, 1.807) is 37.3 Å². The molecule has 20 heavy (non-hydrogen) atoms. The maximum atomic E-state index is 12.3. The molecule has 0 radical (unpaired) electrons. The summed E-state index contributed by atoms with van der Waals surface area (Å²) in [5.74, 6) is 0. The normalized spacial score (nSPS) is 12.4. The van der Waals surface area contributed by atoms with E-state index in [0.717, 1.165) is 15.1 Å². The number of halogens is 1. The molecule has 5 nitrogen and oxygen atoms in total. The quantitative estimate of drug-likeness (QED) is 0.488. The molecule has 0 aliphatic heterocycles. The highest BCUT2D eigenvalue weighted by Crippen LogP contribution is 2.28. The fourth-order valence-corrected chi connectivity index (χ4v) is 4.67. The summed E-state index contributed by atoms with van der Waals surface area (Å²) in [6.07, 6.45) is 0. The first-order chi connectivity index (χ1) is 9.44. The Morgan fingerprint density at radius 1 is 1.30 bits per heavy atom. The molecule has 0 unspecified atom stereocenters. The molecule has 2 aromatic rings. The summed E-state index contributed by atoms with van der Waals surface area (Å²) in [7, 11) is -3.65. The molecule has 1 aromatic carbocycles. The molecule has 8 heteroatoms. The van der Waals surface area contributed by atoms with Crippen LogP contribution in [-0.4, -0.2) is 19.3 Å². The van der Waals surface area contributed by atoms with Crippen LogP contribution in [-0.2, 0) is 10.0 Å². The summed E-state index contributed by atoms with van der Waals surface area (Å²) in [4.78, 5) is 0. The largest absolute Gasteiger partial charge is 0.411 e. The second-order valence-corrected chi connectivity index (χ2v) is 8.27. The van der Waals surface area contributed by atoms with Gasteiger partial charge in [-0.3, -0.25) is 4.72 Å². The molecule has 0 saturated carbocycles. The zero-order chi connectivity index (χ0) is 14.8. The minimum atomic E-state index is -3.65. The monoisotopic (exact) mass is 374 g/mol. The highest BCUT2D eigenvalue weighted by Gasteiger charge is 2.18. The van der Waals surface area contributed by atoms with E-state index in [-0.39, 0.29) is 4.21 Å².